The third-order valence-corrected chi connectivity index (χ3v) is 4.01. The molecule has 6 heteroatoms. The van der Waals surface area contributed by atoms with Crippen LogP contribution in [-0.2, 0) is 9.53 Å². The van der Waals surface area contributed by atoms with Crippen LogP contribution in [0, 0.1) is 13.8 Å². The molecular formula is C20H19N3O3. The van der Waals surface area contributed by atoms with E-state index in [1.165, 1.54) is 0 Å². The second kappa shape index (κ2) is 7.31. The fourth-order valence-corrected chi connectivity index (χ4v) is 2.48. The van der Waals surface area contributed by atoms with E-state index in [0.717, 1.165) is 11.1 Å². The van der Waals surface area contributed by atoms with E-state index in [4.69, 9.17) is 4.74 Å². The van der Waals surface area contributed by atoms with E-state index < -0.39 is 12.1 Å². The molecule has 0 aliphatic carbocycles. The van der Waals surface area contributed by atoms with Crippen molar-refractivity contribution in [1.29, 1.82) is 0 Å². The fraction of sp³-hybridized carbons (Fsp3) is 0.200. The summed E-state index contributed by atoms with van der Waals surface area (Å²) >= 11 is 0. The molecule has 0 saturated heterocycles. The summed E-state index contributed by atoms with van der Waals surface area (Å²) in [6, 6.07) is 10.7. The molecule has 2 aromatic carbocycles. The predicted octanol–water partition coefficient (Wildman–Crippen LogP) is 3.43. The maximum atomic E-state index is 12.3. The van der Waals surface area contributed by atoms with Gasteiger partial charge in [-0.05, 0) is 56.2 Å². The van der Waals surface area contributed by atoms with Gasteiger partial charge in [-0.2, -0.15) is 0 Å². The number of carbonyl (C=O) groups is 2. The lowest BCUT2D eigenvalue weighted by Gasteiger charge is -2.15. The van der Waals surface area contributed by atoms with E-state index in [0.29, 0.717) is 22.3 Å². The van der Waals surface area contributed by atoms with Crippen LogP contribution in [-0.4, -0.2) is 27.9 Å². The molecule has 26 heavy (non-hydrogen) atoms. The molecule has 0 saturated carbocycles. The van der Waals surface area contributed by atoms with Gasteiger partial charge in [-0.3, -0.25) is 14.8 Å². The second-order valence-electron chi connectivity index (χ2n) is 6.11. The lowest BCUT2D eigenvalue weighted by atomic mass is 10.1. The maximum absolute atomic E-state index is 12.3. The molecule has 0 bridgehead atoms. The minimum absolute atomic E-state index is 0.324. The molecule has 0 aliphatic rings. The standard InChI is InChI=1S/C20H19N3O3/c1-12-4-5-13(2)17(10-12)23-19(24)14(3)26-20(25)15-6-7-16-18(11-15)22-9-8-21-16/h4-11,14H,1-3H3,(H,23,24)/t14-/m0/s1. The number of aryl methyl sites for hydroxylation is 2. The minimum Gasteiger partial charge on any atom is -0.449 e. The lowest BCUT2D eigenvalue weighted by molar-refractivity contribution is -0.123. The Morgan fingerprint density at radius 2 is 1.73 bits per heavy atom. The highest BCUT2D eigenvalue weighted by Crippen LogP contribution is 2.17. The Balaban J connectivity index is 1.69. The summed E-state index contributed by atoms with van der Waals surface area (Å²) in [5.74, 6) is -0.964. The number of amides is 1. The topological polar surface area (TPSA) is 81.2 Å². The van der Waals surface area contributed by atoms with Crippen LogP contribution < -0.4 is 5.32 Å². The Hall–Kier alpha value is -3.28. The maximum Gasteiger partial charge on any atom is 0.338 e. The predicted molar refractivity (Wildman–Crippen MR) is 99.0 cm³/mol. The van der Waals surface area contributed by atoms with Crippen molar-refractivity contribution in [3.05, 3.63) is 65.5 Å². The molecule has 1 amide bonds. The zero-order valence-corrected chi connectivity index (χ0v) is 14.8. The zero-order valence-electron chi connectivity index (χ0n) is 14.8. The molecule has 1 heterocycles. The van der Waals surface area contributed by atoms with Crippen molar-refractivity contribution in [3.8, 4) is 0 Å². The Morgan fingerprint density at radius 1 is 1.00 bits per heavy atom. The molecule has 1 N–H and O–H groups in total. The largest absolute Gasteiger partial charge is 0.449 e. The molecule has 1 atom stereocenters. The van der Waals surface area contributed by atoms with Crippen molar-refractivity contribution >= 4 is 28.6 Å². The SMILES string of the molecule is Cc1ccc(C)c(NC(=O)[C@H](C)OC(=O)c2ccc3nccnc3c2)c1. The molecule has 0 fully saturated rings. The molecule has 6 nitrogen and oxygen atoms in total. The number of hydrogen-bond donors (Lipinski definition) is 1. The minimum atomic E-state index is -0.931. The number of nitrogens with zero attached hydrogens (tertiary/aromatic N) is 2. The van der Waals surface area contributed by atoms with Gasteiger partial charge in [-0.15, -0.1) is 0 Å². The van der Waals surface area contributed by atoms with Gasteiger partial charge < -0.3 is 10.1 Å². The molecular weight excluding hydrogens is 330 g/mol. The number of rotatable bonds is 4. The van der Waals surface area contributed by atoms with Crippen LogP contribution in [0.15, 0.2) is 48.8 Å². The van der Waals surface area contributed by atoms with E-state index in [1.54, 1.807) is 37.5 Å². The normalized spacial score (nSPS) is 11.8. The van der Waals surface area contributed by atoms with Gasteiger partial charge >= 0.3 is 5.97 Å². The zero-order chi connectivity index (χ0) is 18.7. The number of carbonyl (C=O) groups excluding carboxylic acids is 2. The first-order valence-electron chi connectivity index (χ1n) is 8.24. The van der Waals surface area contributed by atoms with Crippen LogP contribution in [0.5, 0.6) is 0 Å². The average Bonchev–Trinajstić information content (AvgIpc) is 2.64. The van der Waals surface area contributed by atoms with Crippen molar-refractivity contribution in [2.75, 3.05) is 5.32 Å². The number of nitrogens with one attached hydrogen (secondary N) is 1. The summed E-state index contributed by atoms with van der Waals surface area (Å²) in [5.41, 5.74) is 4.28. The van der Waals surface area contributed by atoms with Crippen molar-refractivity contribution < 1.29 is 14.3 Å². The first kappa shape index (κ1) is 17.5. The number of esters is 1. The second-order valence-corrected chi connectivity index (χ2v) is 6.11. The number of hydrogen-bond acceptors (Lipinski definition) is 5. The third-order valence-electron chi connectivity index (χ3n) is 4.01. The summed E-state index contributed by atoms with van der Waals surface area (Å²) in [7, 11) is 0. The van der Waals surface area contributed by atoms with Gasteiger partial charge in [0.25, 0.3) is 5.91 Å². The molecule has 1 aromatic heterocycles. The van der Waals surface area contributed by atoms with Crippen molar-refractivity contribution in [2.45, 2.75) is 26.9 Å². The molecule has 0 unspecified atom stereocenters. The van der Waals surface area contributed by atoms with Gasteiger partial charge in [0.1, 0.15) is 0 Å². The molecule has 3 rings (SSSR count). The van der Waals surface area contributed by atoms with Crippen LogP contribution in [0.2, 0.25) is 0 Å². The highest BCUT2D eigenvalue weighted by molar-refractivity contribution is 5.98. The summed E-state index contributed by atoms with van der Waals surface area (Å²) in [4.78, 5) is 33.0. The van der Waals surface area contributed by atoms with Crippen LogP contribution in [0.4, 0.5) is 5.69 Å². The van der Waals surface area contributed by atoms with E-state index >= 15 is 0 Å². The number of anilines is 1. The van der Waals surface area contributed by atoms with Gasteiger partial charge in [-0.25, -0.2) is 4.79 Å². The summed E-state index contributed by atoms with van der Waals surface area (Å²) in [5, 5.41) is 2.80. The lowest BCUT2D eigenvalue weighted by Crippen LogP contribution is -2.30. The van der Waals surface area contributed by atoms with E-state index in [2.05, 4.69) is 15.3 Å². The number of fused-ring (bicyclic) bond motifs is 1. The van der Waals surface area contributed by atoms with Gasteiger partial charge in [0.15, 0.2) is 6.10 Å². The highest BCUT2D eigenvalue weighted by atomic mass is 16.5. The monoisotopic (exact) mass is 349 g/mol. The van der Waals surface area contributed by atoms with Crippen molar-refractivity contribution in [3.63, 3.8) is 0 Å². The Morgan fingerprint density at radius 3 is 2.50 bits per heavy atom. The van der Waals surface area contributed by atoms with Crippen LogP contribution in [0.25, 0.3) is 11.0 Å². The first-order chi connectivity index (χ1) is 12.4. The van der Waals surface area contributed by atoms with Crippen LogP contribution >= 0.6 is 0 Å². The Kier molecular flexibility index (Phi) is 4.93. The van der Waals surface area contributed by atoms with Gasteiger partial charge in [0.2, 0.25) is 0 Å². The van der Waals surface area contributed by atoms with E-state index in [9.17, 15) is 9.59 Å². The number of benzene rings is 2. The fourth-order valence-electron chi connectivity index (χ4n) is 2.48. The van der Waals surface area contributed by atoms with Crippen molar-refractivity contribution in [1.82, 2.24) is 9.97 Å². The molecule has 3 aromatic rings. The van der Waals surface area contributed by atoms with Crippen LogP contribution in [0.3, 0.4) is 0 Å². The van der Waals surface area contributed by atoms with Crippen LogP contribution in [0.1, 0.15) is 28.4 Å². The van der Waals surface area contributed by atoms with Gasteiger partial charge in [0.05, 0.1) is 16.6 Å². The summed E-state index contributed by atoms with van der Waals surface area (Å²) in [6.45, 7) is 5.39. The summed E-state index contributed by atoms with van der Waals surface area (Å²) < 4.78 is 5.29. The first-order valence-corrected chi connectivity index (χ1v) is 8.24. The number of ether oxygens (including phenoxy) is 1. The van der Waals surface area contributed by atoms with Gasteiger partial charge in [0, 0.05) is 18.1 Å². The molecule has 0 spiro atoms. The Labute approximate surface area is 151 Å². The smallest absolute Gasteiger partial charge is 0.338 e. The third kappa shape index (κ3) is 3.85. The Bertz CT molecular complexity index is 985. The molecule has 0 radical (unpaired) electrons. The van der Waals surface area contributed by atoms with E-state index in [1.807, 2.05) is 32.0 Å². The van der Waals surface area contributed by atoms with E-state index in [-0.39, 0.29) is 5.91 Å². The van der Waals surface area contributed by atoms with Gasteiger partial charge in [-0.1, -0.05) is 12.1 Å². The molecule has 132 valence electrons. The average molecular weight is 349 g/mol. The highest BCUT2D eigenvalue weighted by Gasteiger charge is 2.20. The summed E-state index contributed by atoms with van der Waals surface area (Å²) in [6.07, 6.45) is 2.21. The molecule has 0 aliphatic heterocycles. The van der Waals surface area contributed by atoms with Crippen molar-refractivity contribution in [2.24, 2.45) is 0 Å². The quantitative estimate of drug-likeness (QED) is 0.730. The number of aromatic nitrogens is 2.